The van der Waals surface area contributed by atoms with Crippen LogP contribution in [0, 0.1) is 5.92 Å². The summed E-state index contributed by atoms with van der Waals surface area (Å²) in [4.78, 5) is 34.4. The van der Waals surface area contributed by atoms with Crippen molar-refractivity contribution in [2.75, 3.05) is 10.2 Å². The summed E-state index contributed by atoms with van der Waals surface area (Å²) in [6.07, 6.45) is 3.89. The Balaban J connectivity index is 1.90. The predicted octanol–water partition coefficient (Wildman–Crippen LogP) is 5.44. The number of nitrogens with one attached hydrogen (secondary N) is 1. The normalized spacial score (nSPS) is 17.6. The molecule has 1 saturated carbocycles. The van der Waals surface area contributed by atoms with Crippen molar-refractivity contribution in [3.8, 4) is 11.1 Å². The molecule has 2 N–H and O–H groups in total. The van der Waals surface area contributed by atoms with Gasteiger partial charge in [0.25, 0.3) is 0 Å². The van der Waals surface area contributed by atoms with Gasteiger partial charge in [-0.3, -0.25) is 14.7 Å². The van der Waals surface area contributed by atoms with E-state index in [1.54, 1.807) is 24.7 Å². The minimum Gasteiger partial charge on any atom is -0.465 e. The average molecular weight is 451 g/mol. The SMILES string of the molecule is CCc1ccncc1-c1cc(N(C(=O)O)C(C)(C)C)c2cnc(NC(=O)[C@@H]3C[C@@H]3F)cc2c1. The lowest BCUT2D eigenvalue weighted by Crippen LogP contribution is -2.45. The number of rotatable bonds is 5. The average Bonchev–Trinajstić information content (AvgIpc) is 3.49. The van der Waals surface area contributed by atoms with Crippen LogP contribution in [0.1, 0.15) is 39.7 Å². The number of aromatic nitrogens is 2. The molecule has 1 aliphatic carbocycles. The fourth-order valence-corrected chi connectivity index (χ4v) is 4.04. The van der Waals surface area contributed by atoms with Gasteiger partial charge in [-0.1, -0.05) is 6.92 Å². The van der Waals surface area contributed by atoms with E-state index >= 15 is 0 Å². The predicted molar refractivity (Wildman–Crippen MR) is 126 cm³/mol. The summed E-state index contributed by atoms with van der Waals surface area (Å²) in [5, 5.41) is 14.1. The Morgan fingerprint density at radius 1 is 1.24 bits per heavy atom. The lowest BCUT2D eigenvalue weighted by Gasteiger charge is -2.34. The highest BCUT2D eigenvalue weighted by molar-refractivity contribution is 6.05. The summed E-state index contributed by atoms with van der Waals surface area (Å²) in [5.74, 6) is -0.724. The van der Waals surface area contributed by atoms with Crippen molar-refractivity contribution in [3.05, 3.63) is 48.4 Å². The molecular weight excluding hydrogens is 423 g/mol. The van der Waals surface area contributed by atoms with Gasteiger partial charge in [-0.25, -0.2) is 14.2 Å². The maximum Gasteiger partial charge on any atom is 0.412 e. The lowest BCUT2D eigenvalue weighted by atomic mass is 9.95. The van der Waals surface area contributed by atoms with Crippen molar-refractivity contribution < 1.29 is 19.1 Å². The number of pyridine rings is 2. The molecule has 4 rings (SSSR count). The van der Waals surface area contributed by atoms with Crippen molar-refractivity contribution >= 4 is 34.3 Å². The zero-order valence-corrected chi connectivity index (χ0v) is 19.1. The van der Waals surface area contributed by atoms with Gasteiger partial charge in [0.1, 0.15) is 12.0 Å². The van der Waals surface area contributed by atoms with Crippen LogP contribution in [-0.2, 0) is 11.2 Å². The first-order chi connectivity index (χ1) is 15.6. The quantitative estimate of drug-likeness (QED) is 0.540. The fourth-order valence-electron chi connectivity index (χ4n) is 4.04. The lowest BCUT2D eigenvalue weighted by molar-refractivity contribution is -0.117. The molecule has 0 spiro atoms. The van der Waals surface area contributed by atoms with Gasteiger partial charge in [-0.15, -0.1) is 0 Å². The maximum atomic E-state index is 13.3. The first-order valence-corrected chi connectivity index (χ1v) is 10.9. The van der Waals surface area contributed by atoms with E-state index in [1.165, 1.54) is 4.90 Å². The summed E-state index contributed by atoms with van der Waals surface area (Å²) in [6, 6.07) is 7.42. The second-order valence-electron chi connectivity index (χ2n) is 9.31. The van der Waals surface area contributed by atoms with E-state index in [4.69, 9.17) is 0 Å². The van der Waals surface area contributed by atoms with Crippen molar-refractivity contribution in [2.45, 2.75) is 52.2 Å². The zero-order valence-electron chi connectivity index (χ0n) is 19.1. The highest BCUT2D eigenvalue weighted by Gasteiger charge is 2.43. The van der Waals surface area contributed by atoms with Crippen LogP contribution in [-0.4, -0.2) is 38.8 Å². The number of alkyl halides is 1. The molecule has 172 valence electrons. The van der Waals surface area contributed by atoms with Gasteiger partial charge in [0, 0.05) is 35.1 Å². The van der Waals surface area contributed by atoms with E-state index in [1.807, 2.05) is 45.9 Å². The second kappa shape index (κ2) is 8.42. The van der Waals surface area contributed by atoms with Gasteiger partial charge >= 0.3 is 6.09 Å². The molecule has 2 aromatic heterocycles. The van der Waals surface area contributed by atoms with Crippen LogP contribution in [0.25, 0.3) is 21.9 Å². The summed E-state index contributed by atoms with van der Waals surface area (Å²) in [7, 11) is 0. The molecule has 0 unspecified atom stereocenters. The van der Waals surface area contributed by atoms with Gasteiger partial charge in [0.05, 0.1) is 11.6 Å². The molecule has 0 saturated heterocycles. The standard InChI is InChI=1S/C25H27FN4O3/c1-5-14-6-7-27-12-18(14)15-8-16-10-22(29-23(31)17-11-20(17)26)28-13-19(16)21(9-15)30(24(32)33)25(2,3)4/h6-10,12-13,17,20H,5,11H2,1-4H3,(H,32,33)(H,28,29,31)/t17-,20+/m1/s1. The number of amides is 2. The molecule has 0 bridgehead atoms. The minimum absolute atomic E-state index is 0.230. The monoisotopic (exact) mass is 450 g/mol. The van der Waals surface area contributed by atoms with Crippen molar-refractivity contribution in [1.29, 1.82) is 0 Å². The number of fused-ring (bicyclic) bond motifs is 1. The maximum absolute atomic E-state index is 13.3. The Morgan fingerprint density at radius 3 is 2.58 bits per heavy atom. The van der Waals surface area contributed by atoms with Crippen LogP contribution >= 0.6 is 0 Å². The van der Waals surface area contributed by atoms with Gasteiger partial charge in [-0.05, 0) is 74.4 Å². The van der Waals surface area contributed by atoms with Crippen LogP contribution in [0.5, 0.6) is 0 Å². The van der Waals surface area contributed by atoms with E-state index in [0.717, 1.165) is 23.1 Å². The molecular formula is C25H27FN4O3. The topological polar surface area (TPSA) is 95.4 Å². The summed E-state index contributed by atoms with van der Waals surface area (Å²) in [6.45, 7) is 7.53. The molecule has 8 heteroatoms. The highest BCUT2D eigenvalue weighted by Crippen LogP contribution is 2.38. The number of benzene rings is 1. The highest BCUT2D eigenvalue weighted by atomic mass is 19.1. The fraction of sp³-hybridized carbons (Fsp3) is 0.360. The molecule has 0 radical (unpaired) electrons. The molecule has 0 aliphatic heterocycles. The minimum atomic E-state index is -1.10. The van der Waals surface area contributed by atoms with Crippen molar-refractivity contribution in [2.24, 2.45) is 5.92 Å². The van der Waals surface area contributed by atoms with Crippen LogP contribution in [0.2, 0.25) is 0 Å². The largest absolute Gasteiger partial charge is 0.465 e. The number of hydrogen-bond acceptors (Lipinski definition) is 4. The van der Waals surface area contributed by atoms with E-state index in [2.05, 4.69) is 15.3 Å². The van der Waals surface area contributed by atoms with Crippen LogP contribution < -0.4 is 10.2 Å². The van der Waals surface area contributed by atoms with Gasteiger partial charge in [0.15, 0.2) is 0 Å². The van der Waals surface area contributed by atoms with Gasteiger partial charge in [-0.2, -0.15) is 0 Å². The van der Waals surface area contributed by atoms with Gasteiger partial charge < -0.3 is 10.4 Å². The molecule has 7 nitrogen and oxygen atoms in total. The number of hydrogen-bond donors (Lipinski definition) is 2. The molecule has 1 aliphatic rings. The summed E-state index contributed by atoms with van der Waals surface area (Å²) in [5.41, 5.74) is 2.58. The first kappa shape index (κ1) is 22.6. The van der Waals surface area contributed by atoms with E-state index in [-0.39, 0.29) is 6.42 Å². The van der Waals surface area contributed by atoms with Crippen molar-refractivity contribution in [1.82, 2.24) is 9.97 Å². The van der Waals surface area contributed by atoms with E-state index in [9.17, 15) is 19.1 Å². The number of anilines is 2. The molecule has 33 heavy (non-hydrogen) atoms. The molecule has 3 aromatic rings. The third-order valence-corrected chi connectivity index (χ3v) is 5.82. The van der Waals surface area contributed by atoms with Crippen molar-refractivity contribution in [3.63, 3.8) is 0 Å². The molecule has 1 fully saturated rings. The number of carboxylic acid groups (broad SMARTS) is 1. The molecule has 2 amide bonds. The Kier molecular flexibility index (Phi) is 5.78. The number of carbonyl (C=O) groups excluding carboxylic acids is 1. The second-order valence-corrected chi connectivity index (χ2v) is 9.31. The summed E-state index contributed by atoms with van der Waals surface area (Å²) >= 11 is 0. The molecule has 1 aromatic carbocycles. The molecule has 2 heterocycles. The number of halogens is 1. The van der Waals surface area contributed by atoms with Crippen LogP contribution in [0.4, 0.5) is 20.7 Å². The number of aryl methyl sites for hydroxylation is 1. The third-order valence-electron chi connectivity index (χ3n) is 5.82. The third kappa shape index (κ3) is 4.51. The number of carbonyl (C=O) groups is 2. The van der Waals surface area contributed by atoms with Crippen LogP contribution in [0.15, 0.2) is 42.9 Å². The molecule has 2 atom stereocenters. The Labute approximate surface area is 191 Å². The van der Waals surface area contributed by atoms with Crippen LogP contribution in [0.3, 0.4) is 0 Å². The zero-order chi connectivity index (χ0) is 23.9. The summed E-state index contributed by atoms with van der Waals surface area (Å²) < 4.78 is 13.3. The Bertz CT molecular complexity index is 1240. The first-order valence-electron chi connectivity index (χ1n) is 10.9. The van der Waals surface area contributed by atoms with E-state index in [0.29, 0.717) is 22.3 Å². The Morgan fingerprint density at radius 2 is 1.97 bits per heavy atom. The Hall–Kier alpha value is -3.55. The van der Waals surface area contributed by atoms with E-state index < -0.39 is 29.6 Å². The van der Waals surface area contributed by atoms with Gasteiger partial charge in [0.2, 0.25) is 5.91 Å². The smallest absolute Gasteiger partial charge is 0.412 e. The number of nitrogens with zero attached hydrogens (tertiary/aromatic N) is 3.